The van der Waals surface area contributed by atoms with Crippen molar-refractivity contribution in [2.45, 2.75) is 31.1 Å². The summed E-state index contributed by atoms with van der Waals surface area (Å²) in [5, 5.41) is 2.88. The average molecular weight is 265 g/mol. The molecule has 2 aromatic rings. The van der Waals surface area contributed by atoms with E-state index < -0.39 is 0 Å². The summed E-state index contributed by atoms with van der Waals surface area (Å²) in [6, 6.07) is 15.8. The second-order valence-corrected chi connectivity index (χ2v) is 6.82. The molecule has 1 aliphatic heterocycles. The minimum atomic E-state index is 0.411. The normalized spacial score (nSPS) is 30.6. The monoisotopic (exact) mass is 265 g/mol. The third-order valence-electron chi connectivity index (χ3n) is 5.62. The molecule has 1 heterocycles. The molecule has 104 valence electrons. The van der Waals surface area contributed by atoms with E-state index in [1.54, 1.807) is 5.56 Å². The topological polar surface area (TPSA) is 3.24 Å². The summed E-state index contributed by atoms with van der Waals surface area (Å²) in [5.74, 6) is 0.854. The molecule has 20 heavy (non-hydrogen) atoms. The Balaban J connectivity index is 1.92. The van der Waals surface area contributed by atoms with E-state index in [4.69, 9.17) is 0 Å². The summed E-state index contributed by atoms with van der Waals surface area (Å²) in [7, 11) is 2.30. The van der Waals surface area contributed by atoms with Gasteiger partial charge >= 0.3 is 0 Å². The molecule has 0 N–H and O–H groups in total. The van der Waals surface area contributed by atoms with Crippen LogP contribution in [0.25, 0.3) is 10.8 Å². The Labute approximate surface area is 121 Å². The molecule has 1 saturated carbocycles. The lowest BCUT2D eigenvalue weighted by Gasteiger charge is -2.40. The molecular formula is C19H23N. The molecule has 1 heteroatoms. The highest BCUT2D eigenvalue weighted by atomic mass is 15.1. The molecular weight excluding hydrogens is 242 g/mol. The zero-order valence-electron chi connectivity index (χ0n) is 12.3. The summed E-state index contributed by atoms with van der Waals surface area (Å²) in [6.45, 7) is 2.52. The van der Waals surface area contributed by atoms with Crippen LogP contribution >= 0.6 is 0 Å². The zero-order chi connectivity index (χ0) is 13.6. The number of likely N-dealkylation sites (N-methyl/N-ethyl adjacent to an activating group) is 1. The van der Waals surface area contributed by atoms with Crippen LogP contribution in [-0.2, 0) is 5.41 Å². The lowest BCUT2D eigenvalue weighted by molar-refractivity contribution is 0.243. The first kappa shape index (κ1) is 12.4. The Hall–Kier alpha value is -1.34. The fraction of sp³-hybridized carbons (Fsp3) is 0.474. The quantitative estimate of drug-likeness (QED) is 0.746. The highest BCUT2D eigenvalue weighted by Crippen LogP contribution is 2.49. The van der Waals surface area contributed by atoms with Gasteiger partial charge in [0.15, 0.2) is 0 Å². The molecule has 0 spiro atoms. The molecule has 0 amide bonds. The van der Waals surface area contributed by atoms with Crippen molar-refractivity contribution in [3.8, 4) is 0 Å². The van der Waals surface area contributed by atoms with E-state index in [2.05, 4.69) is 54.4 Å². The molecule has 2 aliphatic rings. The highest BCUT2D eigenvalue weighted by molar-refractivity contribution is 5.86. The van der Waals surface area contributed by atoms with Crippen LogP contribution in [-0.4, -0.2) is 25.0 Å². The fourth-order valence-corrected chi connectivity index (χ4v) is 4.81. The van der Waals surface area contributed by atoms with Crippen LogP contribution < -0.4 is 0 Å². The molecule has 1 saturated heterocycles. The van der Waals surface area contributed by atoms with Gasteiger partial charge in [0.1, 0.15) is 0 Å². The summed E-state index contributed by atoms with van der Waals surface area (Å²) in [4.78, 5) is 2.55. The smallest absolute Gasteiger partial charge is 0.0127 e. The Morgan fingerprint density at radius 2 is 1.90 bits per heavy atom. The van der Waals surface area contributed by atoms with Gasteiger partial charge in [-0.15, -0.1) is 0 Å². The van der Waals surface area contributed by atoms with E-state index in [-0.39, 0.29) is 0 Å². The third-order valence-corrected chi connectivity index (χ3v) is 5.62. The van der Waals surface area contributed by atoms with Gasteiger partial charge in [-0.3, -0.25) is 0 Å². The molecule has 0 radical (unpaired) electrons. The van der Waals surface area contributed by atoms with Crippen molar-refractivity contribution < 1.29 is 0 Å². The molecule has 4 rings (SSSR count). The molecule has 0 bridgehead atoms. The summed E-state index contributed by atoms with van der Waals surface area (Å²) < 4.78 is 0. The number of likely N-dealkylation sites (tertiary alicyclic amines) is 1. The van der Waals surface area contributed by atoms with E-state index in [0.29, 0.717) is 5.41 Å². The van der Waals surface area contributed by atoms with Crippen molar-refractivity contribution in [3.05, 3.63) is 48.0 Å². The summed E-state index contributed by atoms with van der Waals surface area (Å²) >= 11 is 0. The minimum Gasteiger partial charge on any atom is -0.305 e. The Morgan fingerprint density at radius 3 is 2.85 bits per heavy atom. The highest BCUT2D eigenvalue weighted by Gasteiger charge is 2.48. The van der Waals surface area contributed by atoms with Gasteiger partial charge in [-0.05, 0) is 42.1 Å². The zero-order valence-corrected chi connectivity index (χ0v) is 12.3. The van der Waals surface area contributed by atoms with Gasteiger partial charge in [0.2, 0.25) is 0 Å². The first-order valence-corrected chi connectivity index (χ1v) is 7.96. The molecule has 1 aliphatic carbocycles. The first-order chi connectivity index (χ1) is 9.79. The lowest BCUT2D eigenvalue weighted by atomic mass is 9.63. The van der Waals surface area contributed by atoms with Crippen molar-refractivity contribution in [1.29, 1.82) is 0 Å². The Morgan fingerprint density at radius 1 is 1.05 bits per heavy atom. The van der Waals surface area contributed by atoms with Crippen LogP contribution in [0.4, 0.5) is 0 Å². The largest absolute Gasteiger partial charge is 0.305 e. The number of hydrogen-bond donors (Lipinski definition) is 0. The molecule has 2 fully saturated rings. The van der Waals surface area contributed by atoms with E-state index in [1.165, 1.54) is 49.5 Å². The second kappa shape index (κ2) is 4.60. The van der Waals surface area contributed by atoms with Crippen LogP contribution in [0.3, 0.4) is 0 Å². The van der Waals surface area contributed by atoms with Crippen LogP contribution in [0.2, 0.25) is 0 Å². The Kier molecular flexibility index (Phi) is 2.85. The maximum absolute atomic E-state index is 2.55. The first-order valence-electron chi connectivity index (χ1n) is 7.96. The van der Waals surface area contributed by atoms with Gasteiger partial charge in [0.05, 0.1) is 0 Å². The second-order valence-electron chi connectivity index (χ2n) is 6.82. The number of nitrogens with zero attached hydrogens (tertiary/aromatic N) is 1. The predicted molar refractivity (Wildman–Crippen MR) is 85.1 cm³/mol. The Bertz CT molecular complexity index is 627. The van der Waals surface area contributed by atoms with Crippen molar-refractivity contribution in [2.75, 3.05) is 20.1 Å². The van der Waals surface area contributed by atoms with Crippen LogP contribution in [0.5, 0.6) is 0 Å². The third kappa shape index (κ3) is 1.73. The number of fused-ring (bicyclic) bond motifs is 2. The van der Waals surface area contributed by atoms with Gasteiger partial charge in [0.25, 0.3) is 0 Å². The van der Waals surface area contributed by atoms with Crippen LogP contribution in [0, 0.1) is 5.92 Å². The van der Waals surface area contributed by atoms with Crippen molar-refractivity contribution >= 4 is 10.8 Å². The van der Waals surface area contributed by atoms with Gasteiger partial charge < -0.3 is 4.90 Å². The average Bonchev–Trinajstić information content (AvgIpc) is 2.83. The predicted octanol–water partition coefficient (Wildman–Crippen LogP) is 4.21. The number of rotatable bonds is 1. The van der Waals surface area contributed by atoms with Gasteiger partial charge in [0, 0.05) is 18.5 Å². The summed E-state index contributed by atoms with van der Waals surface area (Å²) in [5.41, 5.74) is 2.03. The van der Waals surface area contributed by atoms with Crippen molar-refractivity contribution in [1.82, 2.24) is 4.90 Å². The van der Waals surface area contributed by atoms with Crippen molar-refractivity contribution in [2.24, 2.45) is 5.92 Å². The lowest BCUT2D eigenvalue weighted by Crippen LogP contribution is -2.38. The van der Waals surface area contributed by atoms with Crippen LogP contribution in [0.1, 0.15) is 31.2 Å². The fourth-order valence-electron chi connectivity index (χ4n) is 4.81. The summed E-state index contributed by atoms with van der Waals surface area (Å²) in [6.07, 6.45) is 5.60. The van der Waals surface area contributed by atoms with E-state index in [9.17, 15) is 0 Å². The van der Waals surface area contributed by atoms with E-state index in [0.717, 1.165) is 5.92 Å². The maximum Gasteiger partial charge on any atom is 0.0127 e. The molecule has 2 atom stereocenters. The van der Waals surface area contributed by atoms with Crippen molar-refractivity contribution in [3.63, 3.8) is 0 Å². The number of hydrogen-bond acceptors (Lipinski definition) is 1. The van der Waals surface area contributed by atoms with E-state index in [1.807, 2.05) is 0 Å². The molecule has 0 aromatic heterocycles. The van der Waals surface area contributed by atoms with Gasteiger partial charge in [-0.1, -0.05) is 55.3 Å². The minimum absolute atomic E-state index is 0.411. The molecule has 0 unspecified atom stereocenters. The molecule has 2 aromatic carbocycles. The standard InChI is InChI=1S/C19H23N/c1-20-13-16-9-4-5-12-19(16,14-20)18-11-6-8-15-7-2-3-10-17(15)18/h2-3,6-8,10-11,16H,4-5,9,12-14H2,1H3/t16-,19-/m1/s1. The van der Waals surface area contributed by atoms with Gasteiger partial charge in [-0.25, -0.2) is 0 Å². The van der Waals surface area contributed by atoms with E-state index >= 15 is 0 Å². The molecule has 1 nitrogen and oxygen atoms in total. The van der Waals surface area contributed by atoms with Gasteiger partial charge in [-0.2, -0.15) is 0 Å². The van der Waals surface area contributed by atoms with Crippen LogP contribution in [0.15, 0.2) is 42.5 Å². The number of benzene rings is 2. The SMILES string of the molecule is CN1C[C@H]2CCCC[C@@]2(c2cccc3ccccc23)C1. The maximum atomic E-state index is 2.55.